The van der Waals surface area contributed by atoms with E-state index in [0.717, 1.165) is 17.7 Å². The largest absolute Gasteiger partial charge is 0.489 e. The molecule has 0 aromatic heterocycles. The van der Waals surface area contributed by atoms with Crippen molar-refractivity contribution in [2.75, 3.05) is 26.2 Å². The van der Waals surface area contributed by atoms with Gasteiger partial charge in [-0.2, -0.15) is 0 Å². The van der Waals surface area contributed by atoms with E-state index >= 15 is 0 Å². The summed E-state index contributed by atoms with van der Waals surface area (Å²) in [6.45, 7) is 7.42. The highest BCUT2D eigenvalue weighted by Crippen LogP contribution is 2.29. The Hall–Kier alpha value is -3.12. The molecule has 4 rings (SSSR count). The first-order valence-electron chi connectivity index (χ1n) is 12.7. The van der Waals surface area contributed by atoms with E-state index in [0.29, 0.717) is 45.8 Å². The van der Waals surface area contributed by atoms with E-state index in [-0.39, 0.29) is 29.7 Å². The lowest BCUT2D eigenvalue weighted by Gasteiger charge is -2.38. The molecule has 1 fully saturated rings. The van der Waals surface area contributed by atoms with Crippen LogP contribution in [0, 0.1) is 11.8 Å². The molecule has 2 amide bonds. The van der Waals surface area contributed by atoms with E-state index in [9.17, 15) is 9.59 Å². The lowest BCUT2D eigenvalue weighted by atomic mass is 9.82. The number of para-hydroxylation sites is 1. The van der Waals surface area contributed by atoms with Gasteiger partial charge in [0.15, 0.2) is 0 Å². The van der Waals surface area contributed by atoms with Crippen molar-refractivity contribution >= 4 is 11.8 Å². The molecule has 0 radical (unpaired) electrons. The Morgan fingerprint density at radius 1 is 1.09 bits per heavy atom. The number of nitrogens with one attached hydrogen (secondary N) is 1. The third kappa shape index (κ3) is 7.18. The second-order valence-corrected chi connectivity index (χ2v) is 9.96. The molecule has 0 unspecified atom stereocenters. The molecular weight excluding hydrogens is 438 g/mol. The number of hydrogen-bond donors (Lipinski definition) is 1. The van der Waals surface area contributed by atoms with Gasteiger partial charge in [-0.15, -0.1) is 0 Å². The second-order valence-electron chi connectivity index (χ2n) is 9.96. The summed E-state index contributed by atoms with van der Waals surface area (Å²) >= 11 is 0. The number of hydrogen-bond acceptors (Lipinski definition) is 4. The fourth-order valence-corrected chi connectivity index (χ4v) is 5.03. The SMILES string of the molecule is CC(C)NC(=O)C[C@@H]1CCN2C[C@@H]1C=CCOc1ccccc1CN(Cc1ccccc1)CC2=O. The van der Waals surface area contributed by atoms with Crippen molar-refractivity contribution in [2.24, 2.45) is 11.8 Å². The fraction of sp³-hybridized carbons (Fsp3) is 0.448. The van der Waals surface area contributed by atoms with Crippen LogP contribution in [0.1, 0.15) is 37.8 Å². The minimum absolute atomic E-state index is 0.0836. The van der Waals surface area contributed by atoms with E-state index in [1.807, 2.05) is 61.2 Å². The van der Waals surface area contributed by atoms with Crippen molar-refractivity contribution in [3.05, 3.63) is 77.9 Å². The lowest BCUT2D eigenvalue weighted by Crippen LogP contribution is -2.48. The van der Waals surface area contributed by atoms with Gasteiger partial charge in [-0.1, -0.05) is 60.7 Å². The molecule has 0 aliphatic carbocycles. The molecule has 2 heterocycles. The van der Waals surface area contributed by atoms with E-state index in [4.69, 9.17) is 4.74 Å². The zero-order valence-electron chi connectivity index (χ0n) is 20.9. The van der Waals surface area contributed by atoms with Gasteiger partial charge >= 0.3 is 0 Å². The van der Waals surface area contributed by atoms with Crippen LogP contribution in [0.5, 0.6) is 5.75 Å². The minimum atomic E-state index is 0.0836. The van der Waals surface area contributed by atoms with Gasteiger partial charge in [0.2, 0.25) is 11.8 Å². The van der Waals surface area contributed by atoms with E-state index in [1.165, 1.54) is 5.56 Å². The van der Waals surface area contributed by atoms with Gasteiger partial charge in [-0.05, 0) is 43.7 Å². The second kappa shape index (κ2) is 12.0. The smallest absolute Gasteiger partial charge is 0.236 e. The number of piperidine rings is 1. The molecule has 186 valence electrons. The van der Waals surface area contributed by atoms with Gasteiger partial charge in [-0.25, -0.2) is 0 Å². The summed E-state index contributed by atoms with van der Waals surface area (Å²) in [5.74, 6) is 1.42. The molecule has 1 N–H and O–H groups in total. The molecule has 2 aromatic carbocycles. The number of carbonyl (C=O) groups excluding carboxylic acids is 2. The van der Waals surface area contributed by atoms with Crippen molar-refractivity contribution in [1.82, 2.24) is 15.1 Å². The molecule has 2 aromatic rings. The molecule has 1 saturated heterocycles. The first-order chi connectivity index (χ1) is 17.0. The molecule has 2 atom stereocenters. The monoisotopic (exact) mass is 475 g/mol. The zero-order chi connectivity index (χ0) is 24.6. The molecule has 2 aliphatic rings. The van der Waals surface area contributed by atoms with Crippen LogP contribution >= 0.6 is 0 Å². The highest BCUT2D eigenvalue weighted by Gasteiger charge is 2.32. The van der Waals surface area contributed by atoms with E-state index in [2.05, 4.69) is 34.5 Å². The average Bonchev–Trinajstić information content (AvgIpc) is 2.84. The predicted molar refractivity (Wildman–Crippen MR) is 138 cm³/mol. The maximum absolute atomic E-state index is 13.5. The Bertz CT molecular complexity index is 1020. The molecular formula is C29H37N3O3. The Morgan fingerprint density at radius 2 is 1.86 bits per heavy atom. The normalized spacial score (nSPS) is 21.3. The third-order valence-corrected chi connectivity index (χ3v) is 6.75. The summed E-state index contributed by atoms with van der Waals surface area (Å²) < 4.78 is 6.14. The Labute approximate surface area is 208 Å². The van der Waals surface area contributed by atoms with Crippen LogP contribution in [0.3, 0.4) is 0 Å². The van der Waals surface area contributed by atoms with Gasteiger partial charge < -0.3 is 15.0 Å². The number of benzene rings is 2. The summed E-state index contributed by atoms with van der Waals surface area (Å²) in [6, 6.07) is 18.5. The quantitative estimate of drug-likeness (QED) is 0.664. The van der Waals surface area contributed by atoms with Crippen molar-refractivity contribution in [1.29, 1.82) is 0 Å². The van der Waals surface area contributed by atoms with Gasteiger partial charge in [0, 0.05) is 44.2 Å². The number of carbonyl (C=O) groups is 2. The van der Waals surface area contributed by atoms with Crippen LogP contribution < -0.4 is 10.1 Å². The van der Waals surface area contributed by atoms with Crippen molar-refractivity contribution in [2.45, 2.75) is 45.8 Å². The lowest BCUT2D eigenvalue weighted by molar-refractivity contribution is -0.135. The summed E-state index contributed by atoms with van der Waals surface area (Å²) in [5.41, 5.74) is 2.25. The van der Waals surface area contributed by atoms with Crippen LogP contribution in [0.25, 0.3) is 0 Å². The number of amides is 2. The average molecular weight is 476 g/mol. The van der Waals surface area contributed by atoms with Crippen LogP contribution in [0.2, 0.25) is 0 Å². The summed E-state index contributed by atoms with van der Waals surface area (Å²) in [7, 11) is 0. The maximum Gasteiger partial charge on any atom is 0.236 e. The van der Waals surface area contributed by atoms with Crippen LogP contribution in [-0.2, 0) is 22.7 Å². The van der Waals surface area contributed by atoms with Gasteiger partial charge in [0.1, 0.15) is 12.4 Å². The van der Waals surface area contributed by atoms with Crippen molar-refractivity contribution < 1.29 is 14.3 Å². The predicted octanol–water partition coefficient (Wildman–Crippen LogP) is 4.02. The Morgan fingerprint density at radius 3 is 2.66 bits per heavy atom. The van der Waals surface area contributed by atoms with Crippen LogP contribution in [-0.4, -0.2) is 53.9 Å². The fourth-order valence-electron chi connectivity index (χ4n) is 5.03. The summed E-state index contributed by atoms with van der Waals surface area (Å²) in [5, 5.41) is 3.01. The molecule has 0 spiro atoms. The Kier molecular flexibility index (Phi) is 8.59. The number of nitrogens with zero attached hydrogens (tertiary/aromatic N) is 2. The first kappa shape index (κ1) is 25.0. The topological polar surface area (TPSA) is 61.9 Å². The minimum Gasteiger partial charge on any atom is -0.489 e. The standard InChI is InChI=1S/C29H37N3O3/c1-22(2)30-28(33)17-24-14-15-32-20-25(24)12-8-16-35-27-13-7-6-11-26(27)19-31(21-29(32)34)18-23-9-4-3-5-10-23/h3-13,22,24-25H,14-21H2,1-2H3,(H,30,33)/t24-,25-/m0/s1. The third-order valence-electron chi connectivity index (χ3n) is 6.75. The molecule has 35 heavy (non-hydrogen) atoms. The molecule has 2 aliphatic heterocycles. The zero-order valence-corrected chi connectivity index (χ0v) is 20.9. The van der Waals surface area contributed by atoms with Gasteiger partial charge in [-0.3, -0.25) is 14.5 Å². The van der Waals surface area contributed by atoms with Gasteiger partial charge in [0.05, 0.1) is 6.54 Å². The van der Waals surface area contributed by atoms with Crippen LogP contribution in [0.4, 0.5) is 0 Å². The molecule has 2 bridgehead atoms. The van der Waals surface area contributed by atoms with Crippen molar-refractivity contribution in [3.63, 3.8) is 0 Å². The Balaban J connectivity index is 1.55. The first-order valence-corrected chi connectivity index (χ1v) is 12.7. The number of fused-ring (bicyclic) bond motifs is 3. The molecule has 6 heteroatoms. The molecule has 6 nitrogen and oxygen atoms in total. The van der Waals surface area contributed by atoms with Crippen molar-refractivity contribution in [3.8, 4) is 5.75 Å². The number of rotatable bonds is 5. The summed E-state index contributed by atoms with van der Waals surface area (Å²) in [6.07, 6.45) is 5.50. The highest BCUT2D eigenvalue weighted by molar-refractivity contribution is 5.79. The molecule has 0 saturated carbocycles. The summed E-state index contributed by atoms with van der Waals surface area (Å²) in [4.78, 5) is 30.1. The maximum atomic E-state index is 13.5. The highest BCUT2D eigenvalue weighted by atomic mass is 16.5. The van der Waals surface area contributed by atoms with Crippen LogP contribution in [0.15, 0.2) is 66.7 Å². The number of ether oxygens (including phenoxy) is 1. The van der Waals surface area contributed by atoms with E-state index < -0.39 is 0 Å². The van der Waals surface area contributed by atoms with E-state index in [1.54, 1.807) is 0 Å². The van der Waals surface area contributed by atoms with Gasteiger partial charge in [0.25, 0.3) is 0 Å².